The molecule has 5 nitrogen and oxygen atoms in total. The van der Waals surface area contributed by atoms with Crippen LogP contribution >= 0.6 is 15.9 Å². The minimum Gasteiger partial charge on any atom is -0.393 e. The van der Waals surface area contributed by atoms with E-state index in [9.17, 15) is 9.90 Å². The third kappa shape index (κ3) is 1.82. The number of hydrogen-bond acceptors (Lipinski definition) is 4. The second-order valence-corrected chi connectivity index (χ2v) is 7.95. The Hall–Kier alpha value is -1.40. The molecule has 1 fully saturated rings. The second kappa shape index (κ2) is 4.80. The Morgan fingerprint density at radius 3 is 2.70 bits per heavy atom. The van der Waals surface area contributed by atoms with Crippen LogP contribution in [0.15, 0.2) is 27.7 Å². The number of hydrogen-bond donors (Lipinski definition) is 2. The van der Waals surface area contributed by atoms with Crippen molar-refractivity contribution in [3.05, 3.63) is 33.8 Å². The van der Waals surface area contributed by atoms with Crippen LogP contribution in [0.1, 0.15) is 36.8 Å². The number of aliphatic hydroxyl groups excluding tert-OH is 1. The molecule has 1 aromatic rings. The summed E-state index contributed by atoms with van der Waals surface area (Å²) in [7, 11) is 1.69. The summed E-state index contributed by atoms with van der Waals surface area (Å²) in [4.78, 5) is 19.4. The maximum absolute atomic E-state index is 13.2. The van der Waals surface area contributed by atoms with Gasteiger partial charge in [0.25, 0.3) is 5.91 Å². The highest BCUT2D eigenvalue weighted by atomic mass is 79.9. The Bertz CT molecular complexity index is 725. The molecule has 1 atom stereocenters. The van der Waals surface area contributed by atoms with Crippen LogP contribution in [-0.4, -0.2) is 35.0 Å². The van der Waals surface area contributed by atoms with E-state index in [0.717, 1.165) is 29.3 Å². The fourth-order valence-electron chi connectivity index (χ4n) is 4.67. The van der Waals surface area contributed by atoms with Crippen molar-refractivity contribution in [3.8, 4) is 0 Å². The number of carbonyl (C=O) groups is 1. The fourth-order valence-corrected chi connectivity index (χ4v) is 5.03. The predicted octanol–water partition coefficient (Wildman–Crippen LogP) is 1.91. The zero-order valence-corrected chi connectivity index (χ0v) is 14.6. The van der Waals surface area contributed by atoms with E-state index >= 15 is 0 Å². The molecule has 1 amide bonds. The van der Waals surface area contributed by atoms with Gasteiger partial charge >= 0.3 is 0 Å². The summed E-state index contributed by atoms with van der Waals surface area (Å²) in [6, 6.07) is 6.11. The summed E-state index contributed by atoms with van der Waals surface area (Å²) in [6.07, 6.45) is 3.54. The first-order chi connectivity index (χ1) is 10.9. The molecule has 4 rings (SSSR count). The molecular formula is C17H20BrN3O2. The van der Waals surface area contributed by atoms with Crippen LogP contribution in [0.25, 0.3) is 0 Å². The molecule has 122 valence electrons. The van der Waals surface area contributed by atoms with Gasteiger partial charge < -0.3 is 10.8 Å². The lowest BCUT2D eigenvalue weighted by atomic mass is 9.61. The van der Waals surface area contributed by atoms with Crippen LogP contribution in [0.5, 0.6) is 0 Å². The van der Waals surface area contributed by atoms with Crippen LogP contribution in [0.3, 0.4) is 0 Å². The van der Waals surface area contributed by atoms with Crippen molar-refractivity contribution < 1.29 is 9.90 Å². The van der Waals surface area contributed by atoms with Gasteiger partial charge in [0, 0.05) is 16.9 Å². The zero-order chi connectivity index (χ0) is 16.4. The van der Waals surface area contributed by atoms with E-state index < -0.39 is 5.54 Å². The summed E-state index contributed by atoms with van der Waals surface area (Å²) in [5.74, 6) is 0.247. The number of rotatable bonds is 0. The lowest BCUT2D eigenvalue weighted by Gasteiger charge is -2.44. The van der Waals surface area contributed by atoms with E-state index in [1.807, 2.05) is 12.1 Å². The highest BCUT2D eigenvalue weighted by molar-refractivity contribution is 9.10. The number of halogens is 1. The van der Waals surface area contributed by atoms with Crippen LogP contribution in [-0.2, 0) is 16.8 Å². The van der Waals surface area contributed by atoms with Gasteiger partial charge in [-0.2, -0.15) is 0 Å². The average Bonchev–Trinajstić information content (AvgIpc) is 2.92. The molecule has 23 heavy (non-hydrogen) atoms. The molecule has 0 saturated heterocycles. The lowest BCUT2D eigenvalue weighted by Crippen LogP contribution is -2.51. The number of benzene rings is 1. The molecule has 2 spiro atoms. The van der Waals surface area contributed by atoms with Crippen molar-refractivity contribution in [3.63, 3.8) is 0 Å². The molecular weight excluding hydrogens is 358 g/mol. The van der Waals surface area contributed by atoms with Gasteiger partial charge in [0.1, 0.15) is 0 Å². The number of fused-ring (bicyclic) bond motifs is 3. The van der Waals surface area contributed by atoms with Gasteiger partial charge in [-0.05, 0) is 55.4 Å². The van der Waals surface area contributed by atoms with E-state index in [1.54, 1.807) is 7.05 Å². The van der Waals surface area contributed by atoms with Crippen LogP contribution in [0, 0.1) is 5.41 Å². The molecule has 1 aliphatic heterocycles. The minimum absolute atomic E-state index is 0.0387. The first kappa shape index (κ1) is 15.1. The van der Waals surface area contributed by atoms with E-state index in [-0.39, 0.29) is 23.4 Å². The van der Waals surface area contributed by atoms with E-state index in [4.69, 9.17) is 10.7 Å². The van der Waals surface area contributed by atoms with Gasteiger partial charge in [-0.25, -0.2) is 4.99 Å². The van der Waals surface area contributed by atoms with Gasteiger partial charge in [-0.3, -0.25) is 9.69 Å². The Morgan fingerprint density at radius 2 is 2.09 bits per heavy atom. The Balaban J connectivity index is 1.95. The number of amides is 1. The number of guanidine groups is 1. The smallest absolute Gasteiger partial charge is 0.262 e. The number of aliphatic hydroxyl groups is 1. The van der Waals surface area contributed by atoms with Crippen LogP contribution < -0.4 is 5.73 Å². The molecule has 1 heterocycles. The van der Waals surface area contributed by atoms with Gasteiger partial charge in [-0.15, -0.1) is 0 Å². The molecule has 3 aliphatic rings. The number of aliphatic imine (C=N–C) groups is 1. The SMILES string of the molecule is CN1C(=O)C2(N=C1N)c1cc(Br)ccc1C[C@]21CC[C@@H](O)CC1. The normalized spacial score (nSPS) is 36.0. The Labute approximate surface area is 143 Å². The molecule has 1 aromatic carbocycles. The number of nitrogens with zero attached hydrogens (tertiary/aromatic N) is 2. The van der Waals surface area contributed by atoms with Gasteiger partial charge in [0.2, 0.25) is 0 Å². The molecule has 2 aliphatic carbocycles. The number of carbonyl (C=O) groups excluding carboxylic acids is 1. The van der Waals surface area contributed by atoms with Gasteiger partial charge in [0.15, 0.2) is 11.5 Å². The van der Waals surface area contributed by atoms with Crippen molar-refractivity contribution in [1.29, 1.82) is 0 Å². The molecule has 0 radical (unpaired) electrons. The molecule has 6 heteroatoms. The summed E-state index contributed by atoms with van der Waals surface area (Å²) in [5.41, 5.74) is 6.97. The Kier molecular flexibility index (Phi) is 3.16. The van der Waals surface area contributed by atoms with Crippen LogP contribution in [0.4, 0.5) is 0 Å². The minimum atomic E-state index is -0.926. The summed E-state index contributed by atoms with van der Waals surface area (Å²) in [5, 5.41) is 9.95. The number of nitrogens with two attached hydrogens (primary N) is 1. The van der Waals surface area contributed by atoms with Gasteiger partial charge in [0.05, 0.1) is 6.10 Å². The lowest BCUT2D eigenvalue weighted by molar-refractivity contribution is -0.137. The second-order valence-electron chi connectivity index (χ2n) is 7.03. The van der Waals surface area contributed by atoms with Crippen molar-refractivity contribution in [2.75, 3.05) is 7.05 Å². The third-order valence-corrected chi connectivity index (χ3v) is 6.40. The highest BCUT2D eigenvalue weighted by Gasteiger charge is 2.66. The fraction of sp³-hybridized carbons (Fsp3) is 0.529. The van der Waals surface area contributed by atoms with Crippen molar-refractivity contribution >= 4 is 27.8 Å². The van der Waals surface area contributed by atoms with Crippen molar-refractivity contribution in [2.24, 2.45) is 16.1 Å². The average molecular weight is 378 g/mol. The summed E-state index contributed by atoms with van der Waals surface area (Å²) < 4.78 is 0.944. The summed E-state index contributed by atoms with van der Waals surface area (Å²) >= 11 is 3.52. The number of likely N-dealkylation sites (N-methyl/N-ethyl adjacent to an activating group) is 1. The van der Waals surface area contributed by atoms with Crippen molar-refractivity contribution in [1.82, 2.24) is 4.90 Å². The van der Waals surface area contributed by atoms with Crippen molar-refractivity contribution in [2.45, 2.75) is 43.7 Å². The van der Waals surface area contributed by atoms with E-state index in [1.165, 1.54) is 10.5 Å². The molecule has 0 bridgehead atoms. The van der Waals surface area contributed by atoms with E-state index in [2.05, 4.69) is 22.0 Å². The Morgan fingerprint density at radius 1 is 1.39 bits per heavy atom. The first-order valence-electron chi connectivity index (χ1n) is 8.00. The van der Waals surface area contributed by atoms with Gasteiger partial charge in [-0.1, -0.05) is 22.0 Å². The maximum atomic E-state index is 13.2. The largest absolute Gasteiger partial charge is 0.393 e. The molecule has 1 saturated carbocycles. The van der Waals surface area contributed by atoms with Crippen LogP contribution in [0.2, 0.25) is 0 Å². The molecule has 3 N–H and O–H groups in total. The quantitative estimate of drug-likeness (QED) is 0.724. The van der Waals surface area contributed by atoms with E-state index in [0.29, 0.717) is 12.8 Å². The monoisotopic (exact) mass is 377 g/mol. The first-order valence-corrected chi connectivity index (χ1v) is 8.79. The summed E-state index contributed by atoms with van der Waals surface area (Å²) in [6.45, 7) is 0. The third-order valence-electron chi connectivity index (χ3n) is 5.91. The predicted molar refractivity (Wildman–Crippen MR) is 90.8 cm³/mol. The maximum Gasteiger partial charge on any atom is 0.262 e. The molecule has 0 aromatic heterocycles. The topological polar surface area (TPSA) is 78.9 Å². The highest BCUT2D eigenvalue weighted by Crippen LogP contribution is 2.61. The molecule has 1 unspecified atom stereocenters. The zero-order valence-electron chi connectivity index (χ0n) is 13.1. The standard InChI is InChI=1S/C17H20BrN3O2/c1-21-14(23)17(20-15(21)19)13-8-11(18)3-2-10(13)9-16(17)6-4-12(22)5-7-16/h2-3,8,12,22H,4-7,9H2,1H3,(H2,19,20)/t12-,16-,17?.